The molecule has 1 aromatic carbocycles. The Kier molecular flexibility index (Phi) is 3.33. The minimum atomic E-state index is -0.999. The van der Waals surface area contributed by atoms with Crippen LogP contribution in [-0.4, -0.2) is 11.7 Å². The molecule has 1 rings (SSSR count). The first-order valence-electron chi connectivity index (χ1n) is 3.92. The fourth-order valence-electron chi connectivity index (χ4n) is 1.16. The second-order valence-corrected chi connectivity index (χ2v) is 2.69. The third-order valence-electron chi connectivity index (χ3n) is 1.87. The lowest BCUT2D eigenvalue weighted by Gasteiger charge is -2.12. The highest BCUT2D eigenvalue weighted by atomic mass is 19.1. The van der Waals surface area contributed by atoms with Crippen molar-refractivity contribution in [1.29, 1.82) is 0 Å². The fourth-order valence-corrected chi connectivity index (χ4v) is 1.16. The van der Waals surface area contributed by atoms with Gasteiger partial charge in [-0.2, -0.15) is 0 Å². The maximum atomic E-state index is 13.0. The van der Waals surface area contributed by atoms with Gasteiger partial charge in [-0.15, -0.1) is 0 Å². The Bertz CT molecular complexity index is 291. The largest absolute Gasteiger partial charge is 0.387 e. The molecule has 0 saturated carbocycles. The molecular weight excluding hydrogens is 176 g/mol. The second-order valence-electron chi connectivity index (χ2n) is 2.69. The van der Waals surface area contributed by atoms with E-state index < -0.39 is 18.6 Å². The molecule has 2 nitrogen and oxygen atoms in total. The van der Waals surface area contributed by atoms with E-state index in [-0.39, 0.29) is 17.7 Å². The van der Waals surface area contributed by atoms with Crippen molar-refractivity contribution in [3.05, 3.63) is 35.1 Å². The van der Waals surface area contributed by atoms with E-state index >= 15 is 0 Å². The lowest BCUT2D eigenvalue weighted by Crippen LogP contribution is -2.13. The van der Waals surface area contributed by atoms with Crippen LogP contribution in [0, 0.1) is 5.82 Å². The first-order chi connectivity index (χ1) is 6.20. The molecule has 0 aliphatic carbocycles. The van der Waals surface area contributed by atoms with Crippen LogP contribution in [0.25, 0.3) is 0 Å². The van der Waals surface area contributed by atoms with Crippen LogP contribution in [0.1, 0.15) is 17.2 Å². The Morgan fingerprint density at radius 1 is 1.46 bits per heavy atom. The molecule has 1 unspecified atom stereocenters. The van der Waals surface area contributed by atoms with Crippen molar-refractivity contribution in [2.24, 2.45) is 5.73 Å². The summed E-state index contributed by atoms with van der Waals surface area (Å²) in [5.41, 5.74) is 5.30. The fraction of sp³-hybridized carbons (Fsp3) is 0.333. The average molecular weight is 187 g/mol. The van der Waals surface area contributed by atoms with Crippen LogP contribution in [0.4, 0.5) is 8.78 Å². The van der Waals surface area contributed by atoms with Gasteiger partial charge in [0, 0.05) is 12.1 Å². The summed E-state index contributed by atoms with van der Waals surface area (Å²) in [7, 11) is 0. The molecule has 0 aliphatic heterocycles. The molecule has 0 heterocycles. The van der Waals surface area contributed by atoms with Crippen LogP contribution in [-0.2, 0) is 6.67 Å². The summed E-state index contributed by atoms with van der Waals surface area (Å²) in [6.07, 6.45) is -0.999. The van der Waals surface area contributed by atoms with Gasteiger partial charge in [0.2, 0.25) is 0 Å². The molecule has 4 heteroatoms. The highest BCUT2D eigenvalue weighted by Crippen LogP contribution is 2.20. The van der Waals surface area contributed by atoms with Gasteiger partial charge >= 0.3 is 0 Å². The molecule has 0 radical (unpaired) electrons. The molecule has 0 saturated heterocycles. The quantitative estimate of drug-likeness (QED) is 0.748. The summed E-state index contributed by atoms with van der Waals surface area (Å²) < 4.78 is 25.3. The lowest BCUT2D eigenvalue weighted by molar-refractivity contribution is 0.184. The van der Waals surface area contributed by atoms with Crippen LogP contribution < -0.4 is 5.73 Å². The summed E-state index contributed by atoms with van der Waals surface area (Å²) in [4.78, 5) is 0. The maximum Gasteiger partial charge on any atom is 0.129 e. The molecule has 0 spiro atoms. The predicted molar refractivity (Wildman–Crippen MR) is 45.2 cm³/mol. The zero-order chi connectivity index (χ0) is 9.84. The predicted octanol–water partition coefficient (Wildman–Crippen LogP) is 1.29. The number of aliphatic hydroxyl groups excluding tert-OH is 1. The Balaban J connectivity index is 3.12. The number of alkyl halides is 1. The maximum absolute atomic E-state index is 13.0. The third-order valence-corrected chi connectivity index (χ3v) is 1.87. The van der Waals surface area contributed by atoms with Gasteiger partial charge < -0.3 is 10.8 Å². The Labute approximate surface area is 75.0 Å². The molecule has 13 heavy (non-hydrogen) atoms. The highest BCUT2D eigenvalue weighted by molar-refractivity contribution is 5.30. The number of halogens is 2. The van der Waals surface area contributed by atoms with Gasteiger partial charge in [0.05, 0.1) is 6.10 Å². The van der Waals surface area contributed by atoms with E-state index in [0.717, 1.165) is 6.07 Å². The van der Waals surface area contributed by atoms with Gasteiger partial charge in [-0.05, 0) is 11.6 Å². The van der Waals surface area contributed by atoms with E-state index in [1.807, 2.05) is 0 Å². The number of benzene rings is 1. The van der Waals surface area contributed by atoms with Crippen LogP contribution >= 0.6 is 0 Å². The second kappa shape index (κ2) is 4.30. The van der Waals surface area contributed by atoms with Crippen molar-refractivity contribution in [2.45, 2.75) is 12.8 Å². The van der Waals surface area contributed by atoms with Crippen LogP contribution in [0.5, 0.6) is 0 Å². The van der Waals surface area contributed by atoms with Crippen molar-refractivity contribution in [3.63, 3.8) is 0 Å². The van der Waals surface area contributed by atoms with E-state index in [1.54, 1.807) is 0 Å². The molecule has 1 aromatic rings. The highest BCUT2D eigenvalue weighted by Gasteiger charge is 2.13. The summed E-state index contributed by atoms with van der Waals surface area (Å²) in [5, 5.41) is 9.31. The number of hydrogen-bond acceptors (Lipinski definition) is 2. The zero-order valence-electron chi connectivity index (χ0n) is 7.00. The van der Waals surface area contributed by atoms with E-state index in [1.165, 1.54) is 12.1 Å². The van der Waals surface area contributed by atoms with Crippen molar-refractivity contribution >= 4 is 0 Å². The summed E-state index contributed by atoms with van der Waals surface area (Å²) in [5.74, 6) is -0.646. The molecule has 0 amide bonds. The molecule has 0 aromatic heterocycles. The summed E-state index contributed by atoms with van der Waals surface area (Å²) in [6, 6.07) is 4.04. The molecule has 0 aliphatic rings. The first-order valence-corrected chi connectivity index (χ1v) is 3.92. The van der Waals surface area contributed by atoms with Gasteiger partial charge in [-0.1, -0.05) is 12.1 Å². The summed E-state index contributed by atoms with van der Waals surface area (Å²) >= 11 is 0. The van der Waals surface area contributed by atoms with E-state index in [0.29, 0.717) is 0 Å². The third kappa shape index (κ3) is 2.02. The number of nitrogens with two attached hydrogens (primary N) is 1. The SMILES string of the molecule is NCC(O)c1cccc(F)c1CF. The minimum absolute atomic E-state index is 0.0452. The number of rotatable bonds is 3. The topological polar surface area (TPSA) is 46.2 Å². The van der Waals surface area contributed by atoms with E-state index in [4.69, 9.17) is 5.73 Å². The Morgan fingerprint density at radius 3 is 2.69 bits per heavy atom. The van der Waals surface area contributed by atoms with Crippen LogP contribution in [0.2, 0.25) is 0 Å². The molecular formula is C9H11F2NO. The van der Waals surface area contributed by atoms with E-state index in [2.05, 4.69) is 0 Å². The molecule has 0 fully saturated rings. The molecule has 0 bridgehead atoms. The minimum Gasteiger partial charge on any atom is -0.387 e. The van der Waals surface area contributed by atoms with E-state index in [9.17, 15) is 13.9 Å². The van der Waals surface area contributed by atoms with Crippen molar-refractivity contribution < 1.29 is 13.9 Å². The van der Waals surface area contributed by atoms with Crippen molar-refractivity contribution in [3.8, 4) is 0 Å². The van der Waals surface area contributed by atoms with Crippen LogP contribution in [0.15, 0.2) is 18.2 Å². The summed E-state index contributed by atoms with van der Waals surface area (Å²) in [6.45, 7) is -0.977. The lowest BCUT2D eigenvalue weighted by atomic mass is 10.0. The monoisotopic (exact) mass is 187 g/mol. The van der Waals surface area contributed by atoms with Gasteiger partial charge in [0.1, 0.15) is 12.5 Å². The van der Waals surface area contributed by atoms with Gasteiger partial charge in [-0.3, -0.25) is 0 Å². The van der Waals surface area contributed by atoms with Gasteiger partial charge in [0.15, 0.2) is 0 Å². The molecule has 1 atom stereocenters. The van der Waals surface area contributed by atoms with Crippen molar-refractivity contribution in [1.82, 2.24) is 0 Å². The molecule has 3 N–H and O–H groups in total. The van der Waals surface area contributed by atoms with Crippen LogP contribution in [0.3, 0.4) is 0 Å². The Hall–Kier alpha value is -1.00. The average Bonchev–Trinajstić information content (AvgIpc) is 2.16. The molecule has 72 valence electrons. The Morgan fingerprint density at radius 2 is 2.15 bits per heavy atom. The standard InChI is InChI=1S/C9H11F2NO/c10-4-7-6(9(13)5-12)2-1-3-8(7)11/h1-3,9,13H,4-5,12H2. The first kappa shape index (κ1) is 10.1. The van der Waals surface area contributed by atoms with Gasteiger partial charge in [0.25, 0.3) is 0 Å². The van der Waals surface area contributed by atoms with Gasteiger partial charge in [-0.25, -0.2) is 8.78 Å². The number of aliphatic hydroxyl groups is 1. The number of hydrogen-bond donors (Lipinski definition) is 2. The normalized spacial score (nSPS) is 12.9. The smallest absolute Gasteiger partial charge is 0.129 e. The van der Waals surface area contributed by atoms with Crippen molar-refractivity contribution in [2.75, 3.05) is 6.54 Å². The zero-order valence-corrected chi connectivity index (χ0v) is 7.00.